The second-order valence-electron chi connectivity index (χ2n) is 5.39. The van der Waals surface area contributed by atoms with Crippen LogP contribution in [0.3, 0.4) is 0 Å². The third-order valence-electron chi connectivity index (χ3n) is 3.61. The first-order valence-corrected chi connectivity index (χ1v) is 7.25. The fraction of sp³-hybridized carbons (Fsp3) is 0.500. The molecule has 3 nitrogen and oxygen atoms in total. The fourth-order valence-electron chi connectivity index (χ4n) is 2.71. The number of nitrogens with zero attached hydrogens (tertiary/aromatic N) is 1. The molecular formula is C14H16BrF2NO2. The van der Waals surface area contributed by atoms with Crippen LogP contribution < -0.4 is 0 Å². The van der Waals surface area contributed by atoms with Gasteiger partial charge in [-0.15, -0.1) is 0 Å². The highest BCUT2D eigenvalue weighted by atomic mass is 79.9. The van der Waals surface area contributed by atoms with Gasteiger partial charge in [0.2, 0.25) is 0 Å². The quantitative estimate of drug-likeness (QED) is 0.853. The molecule has 2 unspecified atom stereocenters. The van der Waals surface area contributed by atoms with E-state index in [1.807, 2.05) is 6.92 Å². The second-order valence-corrected chi connectivity index (χ2v) is 6.25. The predicted molar refractivity (Wildman–Crippen MR) is 74.2 cm³/mol. The second kappa shape index (κ2) is 6.18. The summed E-state index contributed by atoms with van der Waals surface area (Å²) in [5.74, 6) is -2.34. The number of rotatable bonds is 3. The van der Waals surface area contributed by atoms with E-state index in [-0.39, 0.29) is 22.5 Å². The van der Waals surface area contributed by atoms with Crippen LogP contribution in [0, 0.1) is 23.5 Å². The minimum atomic E-state index is -0.850. The fourth-order valence-corrected chi connectivity index (χ4v) is 3.08. The number of carbonyl (C=O) groups is 1. The summed E-state index contributed by atoms with van der Waals surface area (Å²) in [6.07, 6.45) is 0.606. The van der Waals surface area contributed by atoms with Gasteiger partial charge in [-0.2, -0.15) is 0 Å². The van der Waals surface area contributed by atoms with Crippen molar-refractivity contribution in [2.45, 2.75) is 19.9 Å². The third kappa shape index (κ3) is 3.35. The Kier molecular flexibility index (Phi) is 4.75. The number of carboxylic acids is 1. The van der Waals surface area contributed by atoms with Gasteiger partial charge in [-0.1, -0.05) is 6.92 Å². The Bertz CT molecular complexity index is 524. The molecule has 1 heterocycles. The average Bonchev–Trinajstić information content (AvgIpc) is 2.38. The van der Waals surface area contributed by atoms with Gasteiger partial charge in [0.1, 0.15) is 11.6 Å². The first-order valence-electron chi connectivity index (χ1n) is 6.46. The summed E-state index contributed by atoms with van der Waals surface area (Å²) in [6.45, 7) is 3.02. The number of benzene rings is 1. The van der Waals surface area contributed by atoms with Crippen LogP contribution in [-0.4, -0.2) is 29.1 Å². The first kappa shape index (κ1) is 15.4. The molecule has 1 aliphatic heterocycles. The minimum absolute atomic E-state index is 0.0161. The number of aliphatic carboxylic acids is 1. The van der Waals surface area contributed by atoms with E-state index in [9.17, 15) is 13.6 Å². The highest BCUT2D eigenvalue weighted by Crippen LogP contribution is 2.27. The Balaban J connectivity index is 2.17. The number of likely N-dealkylation sites (tertiary alicyclic amines) is 1. The van der Waals surface area contributed by atoms with E-state index >= 15 is 0 Å². The molecule has 0 saturated carbocycles. The molecule has 1 saturated heterocycles. The summed E-state index contributed by atoms with van der Waals surface area (Å²) in [5.41, 5.74) is -0.0161. The van der Waals surface area contributed by atoms with Crippen LogP contribution >= 0.6 is 15.9 Å². The molecule has 1 aromatic carbocycles. The zero-order valence-corrected chi connectivity index (χ0v) is 12.7. The molecule has 0 spiro atoms. The molecule has 0 aromatic heterocycles. The van der Waals surface area contributed by atoms with Gasteiger partial charge in [0.15, 0.2) is 0 Å². The summed E-state index contributed by atoms with van der Waals surface area (Å²) < 4.78 is 27.9. The van der Waals surface area contributed by atoms with Crippen molar-refractivity contribution in [1.82, 2.24) is 4.90 Å². The van der Waals surface area contributed by atoms with Gasteiger partial charge in [-0.3, -0.25) is 9.69 Å². The Morgan fingerprint density at radius 3 is 2.80 bits per heavy atom. The largest absolute Gasteiger partial charge is 0.481 e. The molecule has 1 aromatic rings. The molecule has 2 atom stereocenters. The lowest BCUT2D eigenvalue weighted by Crippen LogP contribution is -2.42. The SMILES string of the molecule is CC1CC(C(=O)O)CN(Cc2c(F)ccc(Br)c2F)C1. The molecule has 1 aliphatic rings. The maximum atomic E-state index is 13.9. The van der Waals surface area contributed by atoms with Crippen molar-refractivity contribution >= 4 is 21.9 Å². The van der Waals surface area contributed by atoms with Gasteiger partial charge < -0.3 is 5.11 Å². The van der Waals surface area contributed by atoms with Gasteiger partial charge in [0.25, 0.3) is 0 Å². The number of hydrogen-bond acceptors (Lipinski definition) is 2. The monoisotopic (exact) mass is 347 g/mol. The summed E-state index contributed by atoms with van der Waals surface area (Å²) in [5, 5.41) is 9.11. The number of halogens is 3. The standard InChI is InChI=1S/C14H16BrF2NO2/c1-8-4-9(14(19)20)6-18(5-8)7-10-12(16)3-2-11(15)13(10)17/h2-3,8-9H,4-7H2,1H3,(H,19,20). The molecular weight excluding hydrogens is 332 g/mol. The highest BCUT2D eigenvalue weighted by molar-refractivity contribution is 9.10. The van der Waals surface area contributed by atoms with Gasteiger partial charge in [-0.05, 0) is 40.4 Å². The lowest BCUT2D eigenvalue weighted by molar-refractivity contribution is -0.144. The van der Waals surface area contributed by atoms with E-state index in [1.54, 1.807) is 4.90 Å². The molecule has 0 radical (unpaired) electrons. The van der Waals surface area contributed by atoms with Gasteiger partial charge >= 0.3 is 5.97 Å². The van der Waals surface area contributed by atoms with Gasteiger partial charge in [0, 0.05) is 25.2 Å². The molecule has 1 fully saturated rings. The van der Waals surface area contributed by atoms with Crippen LogP contribution in [0.2, 0.25) is 0 Å². The average molecular weight is 348 g/mol. The first-order chi connectivity index (χ1) is 9.38. The summed E-state index contributed by atoms with van der Waals surface area (Å²) in [4.78, 5) is 12.9. The summed E-state index contributed by atoms with van der Waals surface area (Å²) in [6, 6.07) is 2.54. The Morgan fingerprint density at radius 2 is 2.15 bits per heavy atom. The molecule has 1 N–H and O–H groups in total. The van der Waals surface area contributed by atoms with Gasteiger partial charge in [-0.25, -0.2) is 8.78 Å². The van der Waals surface area contributed by atoms with E-state index in [2.05, 4.69) is 15.9 Å². The van der Waals surface area contributed by atoms with Crippen LogP contribution in [0.5, 0.6) is 0 Å². The van der Waals surface area contributed by atoms with Crippen molar-refractivity contribution in [3.63, 3.8) is 0 Å². The normalized spacial score (nSPS) is 23.8. The smallest absolute Gasteiger partial charge is 0.307 e. The van der Waals surface area contributed by atoms with Crippen LogP contribution in [-0.2, 0) is 11.3 Å². The summed E-state index contributed by atoms with van der Waals surface area (Å²) >= 11 is 3.04. The lowest BCUT2D eigenvalue weighted by atomic mass is 9.90. The zero-order chi connectivity index (χ0) is 14.9. The molecule has 20 heavy (non-hydrogen) atoms. The summed E-state index contributed by atoms with van der Waals surface area (Å²) in [7, 11) is 0. The van der Waals surface area contributed by atoms with Crippen molar-refractivity contribution in [2.75, 3.05) is 13.1 Å². The molecule has 6 heteroatoms. The Labute approximate surface area is 124 Å². The van der Waals surface area contributed by atoms with Crippen molar-refractivity contribution in [2.24, 2.45) is 11.8 Å². The van der Waals surface area contributed by atoms with E-state index in [1.165, 1.54) is 12.1 Å². The van der Waals surface area contributed by atoms with E-state index in [0.717, 1.165) is 0 Å². The number of carboxylic acid groups (broad SMARTS) is 1. The van der Waals surface area contributed by atoms with Crippen molar-refractivity contribution in [1.29, 1.82) is 0 Å². The Hall–Kier alpha value is -1.01. The number of piperidine rings is 1. The molecule has 110 valence electrons. The van der Waals surface area contributed by atoms with Crippen LogP contribution in [0.4, 0.5) is 8.78 Å². The lowest BCUT2D eigenvalue weighted by Gasteiger charge is -2.34. The topological polar surface area (TPSA) is 40.5 Å². The predicted octanol–water partition coefficient (Wildman–Crippen LogP) is 3.27. The van der Waals surface area contributed by atoms with E-state index in [4.69, 9.17) is 5.11 Å². The highest BCUT2D eigenvalue weighted by Gasteiger charge is 2.30. The van der Waals surface area contributed by atoms with Crippen molar-refractivity contribution in [3.8, 4) is 0 Å². The van der Waals surface area contributed by atoms with Crippen LogP contribution in [0.25, 0.3) is 0 Å². The Morgan fingerprint density at radius 1 is 1.45 bits per heavy atom. The minimum Gasteiger partial charge on any atom is -0.481 e. The van der Waals surface area contributed by atoms with Crippen LogP contribution in [0.1, 0.15) is 18.9 Å². The maximum absolute atomic E-state index is 13.9. The van der Waals surface area contributed by atoms with Gasteiger partial charge in [0.05, 0.1) is 10.4 Å². The molecule has 0 aliphatic carbocycles. The zero-order valence-electron chi connectivity index (χ0n) is 11.1. The van der Waals surface area contributed by atoms with Crippen molar-refractivity contribution < 1.29 is 18.7 Å². The van der Waals surface area contributed by atoms with E-state index in [0.29, 0.717) is 19.5 Å². The number of hydrogen-bond donors (Lipinski definition) is 1. The molecule has 0 bridgehead atoms. The van der Waals surface area contributed by atoms with Crippen molar-refractivity contribution in [3.05, 3.63) is 33.8 Å². The maximum Gasteiger partial charge on any atom is 0.307 e. The van der Waals surface area contributed by atoms with E-state index < -0.39 is 23.5 Å². The molecule has 0 amide bonds. The van der Waals surface area contributed by atoms with Crippen LogP contribution in [0.15, 0.2) is 16.6 Å². The molecule has 2 rings (SSSR count). The third-order valence-corrected chi connectivity index (χ3v) is 4.22.